The Balaban J connectivity index is 1.72. The second-order valence-corrected chi connectivity index (χ2v) is 5.27. The third-order valence-electron chi connectivity index (χ3n) is 3.64. The van der Waals surface area contributed by atoms with Gasteiger partial charge in [-0.15, -0.1) is 0 Å². The number of carbonyl (C=O) groups excluding carboxylic acids is 1. The highest BCUT2D eigenvalue weighted by Crippen LogP contribution is 2.17. The molecule has 0 unspecified atom stereocenters. The summed E-state index contributed by atoms with van der Waals surface area (Å²) in [5.74, 6) is 0.831. The summed E-state index contributed by atoms with van der Waals surface area (Å²) in [4.78, 5) is 16.8. The van der Waals surface area contributed by atoms with Gasteiger partial charge in [-0.05, 0) is 54.1 Å². The Morgan fingerprint density at radius 2 is 1.46 bits per heavy atom. The fraction of sp³-hybridized carbons (Fsp3) is 0.0476. The van der Waals surface area contributed by atoms with E-state index in [4.69, 9.17) is 4.74 Å². The van der Waals surface area contributed by atoms with Crippen LogP contribution in [0.3, 0.4) is 0 Å². The van der Waals surface area contributed by atoms with Crippen molar-refractivity contribution >= 4 is 17.7 Å². The maximum Gasteiger partial charge on any atom is 0.193 e. The van der Waals surface area contributed by atoms with Gasteiger partial charge in [-0.2, -0.15) is 0 Å². The number of rotatable bonds is 5. The lowest BCUT2D eigenvalue weighted by Crippen LogP contribution is -2.00. The minimum absolute atomic E-state index is 0.0151. The molecule has 0 saturated heterocycles. The fourth-order valence-electron chi connectivity index (χ4n) is 2.29. The molecule has 0 spiro atoms. The molecule has 118 valence electrons. The normalized spacial score (nSPS) is 10.7. The van der Waals surface area contributed by atoms with Crippen molar-refractivity contribution < 1.29 is 9.53 Å². The third kappa shape index (κ3) is 3.76. The Labute approximate surface area is 141 Å². The van der Waals surface area contributed by atoms with Gasteiger partial charge in [-0.1, -0.05) is 30.3 Å². The summed E-state index contributed by atoms with van der Waals surface area (Å²) in [5.41, 5.74) is 3.13. The summed E-state index contributed by atoms with van der Waals surface area (Å²) in [5, 5.41) is 0. The summed E-state index contributed by atoms with van der Waals surface area (Å²) in [7, 11) is 1.64. The number of aliphatic imine (C=N–C) groups is 1. The summed E-state index contributed by atoms with van der Waals surface area (Å²) in [6.45, 7) is 0. The van der Waals surface area contributed by atoms with E-state index in [1.807, 2.05) is 66.7 Å². The van der Waals surface area contributed by atoms with Crippen LogP contribution in [0.4, 0.5) is 5.69 Å². The lowest BCUT2D eigenvalue weighted by atomic mass is 10.0. The number of carbonyl (C=O) groups is 1. The number of ketones is 1. The maximum atomic E-state index is 12.3. The molecular weight excluding hydrogens is 298 g/mol. The van der Waals surface area contributed by atoms with Crippen LogP contribution in [0.1, 0.15) is 21.5 Å². The first-order valence-electron chi connectivity index (χ1n) is 7.64. The molecule has 0 radical (unpaired) electrons. The predicted molar refractivity (Wildman–Crippen MR) is 96.6 cm³/mol. The Kier molecular flexibility index (Phi) is 4.82. The van der Waals surface area contributed by atoms with E-state index < -0.39 is 0 Å². The molecule has 0 aliphatic heterocycles. The summed E-state index contributed by atoms with van der Waals surface area (Å²) >= 11 is 0. The predicted octanol–water partition coefficient (Wildman–Crippen LogP) is 4.68. The van der Waals surface area contributed by atoms with E-state index in [2.05, 4.69) is 4.99 Å². The number of hydrogen-bond acceptors (Lipinski definition) is 3. The van der Waals surface area contributed by atoms with E-state index >= 15 is 0 Å². The molecule has 3 rings (SSSR count). The molecule has 0 N–H and O–H groups in total. The van der Waals surface area contributed by atoms with Crippen molar-refractivity contribution in [3.05, 3.63) is 95.6 Å². The molecule has 3 heteroatoms. The van der Waals surface area contributed by atoms with Crippen LogP contribution in [-0.4, -0.2) is 19.1 Å². The van der Waals surface area contributed by atoms with Crippen LogP contribution in [0, 0.1) is 0 Å². The molecule has 0 atom stereocenters. The lowest BCUT2D eigenvalue weighted by Gasteiger charge is -2.02. The van der Waals surface area contributed by atoms with Crippen molar-refractivity contribution in [1.29, 1.82) is 0 Å². The van der Waals surface area contributed by atoms with E-state index in [1.165, 1.54) is 0 Å². The maximum absolute atomic E-state index is 12.3. The van der Waals surface area contributed by atoms with Crippen molar-refractivity contribution in [2.45, 2.75) is 0 Å². The van der Waals surface area contributed by atoms with Gasteiger partial charge in [0, 0.05) is 17.3 Å². The van der Waals surface area contributed by atoms with Gasteiger partial charge in [0.15, 0.2) is 5.78 Å². The van der Waals surface area contributed by atoms with Gasteiger partial charge >= 0.3 is 0 Å². The molecule has 0 saturated carbocycles. The minimum Gasteiger partial charge on any atom is -0.497 e. The first-order valence-corrected chi connectivity index (χ1v) is 7.64. The first-order chi connectivity index (χ1) is 11.8. The third-order valence-corrected chi connectivity index (χ3v) is 3.64. The van der Waals surface area contributed by atoms with Gasteiger partial charge < -0.3 is 4.74 Å². The molecule has 0 aromatic heterocycles. The number of hydrogen-bond donors (Lipinski definition) is 0. The Morgan fingerprint density at radius 1 is 0.833 bits per heavy atom. The van der Waals surface area contributed by atoms with Gasteiger partial charge in [-0.25, -0.2) is 0 Å². The summed E-state index contributed by atoms with van der Waals surface area (Å²) < 4.78 is 5.13. The average Bonchev–Trinajstić information content (AvgIpc) is 2.67. The van der Waals surface area contributed by atoms with E-state index in [0.717, 1.165) is 17.0 Å². The van der Waals surface area contributed by atoms with Crippen LogP contribution in [0.25, 0.3) is 0 Å². The molecule has 3 aromatic rings. The Bertz CT molecular complexity index is 835. The molecular formula is C21H17NO2. The highest BCUT2D eigenvalue weighted by Gasteiger charge is 2.07. The van der Waals surface area contributed by atoms with Crippen LogP contribution >= 0.6 is 0 Å². The molecule has 0 aliphatic carbocycles. The summed E-state index contributed by atoms with van der Waals surface area (Å²) in [6, 6.07) is 24.2. The first kappa shape index (κ1) is 15.7. The molecule has 0 bridgehead atoms. The van der Waals surface area contributed by atoms with Crippen LogP contribution in [0.5, 0.6) is 5.75 Å². The largest absolute Gasteiger partial charge is 0.497 e. The van der Waals surface area contributed by atoms with Crippen molar-refractivity contribution in [2.75, 3.05) is 7.11 Å². The number of methoxy groups -OCH3 is 1. The van der Waals surface area contributed by atoms with Gasteiger partial charge in [-0.3, -0.25) is 9.79 Å². The standard InChI is InChI=1S/C21H17NO2/c1-24-20-13-7-16(8-14-20)15-22-19-11-9-18(10-12-19)21(23)17-5-3-2-4-6-17/h2-15H,1H3. The topological polar surface area (TPSA) is 38.7 Å². The number of benzene rings is 3. The monoisotopic (exact) mass is 315 g/mol. The molecule has 0 aliphatic rings. The van der Waals surface area contributed by atoms with Crippen molar-refractivity contribution in [3.63, 3.8) is 0 Å². The SMILES string of the molecule is COc1ccc(C=Nc2ccc(C(=O)c3ccccc3)cc2)cc1. The minimum atomic E-state index is 0.0151. The fourth-order valence-corrected chi connectivity index (χ4v) is 2.29. The van der Waals surface area contributed by atoms with E-state index in [1.54, 1.807) is 25.5 Å². The van der Waals surface area contributed by atoms with E-state index in [0.29, 0.717) is 11.1 Å². The number of ether oxygens (including phenoxy) is 1. The highest BCUT2D eigenvalue weighted by atomic mass is 16.5. The van der Waals surface area contributed by atoms with E-state index in [9.17, 15) is 4.79 Å². The Morgan fingerprint density at radius 3 is 2.08 bits per heavy atom. The molecule has 0 heterocycles. The van der Waals surface area contributed by atoms with Crippen LogP contribution in [-0.2, 0) is 0 Å². The molecule has 3 aromatic carbocycles. The Hall–Kier alpha value is -3.20. The van der Waals surface area contributed by atoms with Gasteiger partial charge in [0.25, 0.3) is 0 Å². The summed E-state index contributed by atoms with van der Waals surface area (Å²) in [6.07, 6.45) is 1.79. The second-order valence-electron chi connectivity index (χ2n) is 5.27. The molecule has 3 nitrogen and oxygen atoms in total. The number of nitrogens with zero attached hydrogens (tertiary/aromatic N) is 1. The smallest absolute Gasteiger partial charge is 0.193 e. The van der Waals surface area contributed by atoms with E-state index in [-0.39, 0.29) is 5.78 Å². The zero-order valence-electron chi connectivity index (χ0n) is 13.3. The molecule has 0 amide bonds. The van der Waals surface area contributed by atoms with Gasteiger partial charge in [0.05, 0.1) is 12.8 Å². The lowest BCUT2D eigenvalue weighted by molar-refractivity contribution is 0.103. The zero-order valence-corrected chi connectivity index (χ0v) is 13.3. The quantitative estimate of drug-likeness (QED) is 0.506. The molecule has 0 fully saturated rings. The van der Waals surface area contributed by atoms with Crippen LogP contribution in [0.15, 0.2) is 83.9 Å². The van der Waals surface area contributed by atoms with Crippen LogP contribution in [0.2, 0.25) is 0 Å². The van der Waals surface area contributed by atoms with Gasteiger partial charge in [0.1, 0.15) is 5.75 Å². The van der Waals surface area contributed by atoms with Crippen molar-refractivity contribution in [1.82, 2.24) is 0 Å². The highest BCUT2D eigenvalue weighted by molar-refractivity contribution is 6.09. The zero-order chi connectivity index (χ0) is 16.8. The van der Waals surface area contributed by atoms with Crippen molar-refractivity contribution in [3.8, 4) is 5.75 Å². The molecule has 24 heavy (non-hydrogen) atoms. The average molecular weight is 315 g/mol. The van der Waals surface area contributed by atoms with Gasteiger partial charge in [0.2, 0.25) is 0 Å². The second kappa shape index (κ2) is 7.38. The van der Waals surface area contributed by atoms with Crippen LogP contribution < -0.4 is 4.74 Å². The van der Waals surface area contributed by atoms with Crippen molar-refractivity contribution in [2.24, 2.45) is 4.99 Å².